The third-order valence-corrected chi connectivity index (χ3v) is 3.04. The van der Waals surface area contributed by atoms with E-state index < -0.39 is 0 Å². The van der Waals surface area contributed by atoms with Gasteiger partial charge < -0.3 is 10.5 Å². The van der Waals surface area contributed by atoms with Crippen LogP contribution in [0.5, 0.6) is 5.75 Å². The fraction of sp³-hybridized carbons (Fsp3) is 0.417. The summed E-state index contributed by atoms with van der Waals surface area (Å²) in [6.45, 7) is 0. The first kappa shape index (κ1) is 10.0. The number of fused-ring (bicyclic) bond motifs is 1. The van der Waals surface area contributed by atoms with E-state index in [1.807, 2.05) is 12.1 Å². The quantitative estimate of drug-likeness (QED) is 0.790. The molecule has 1 atom stereocenters. The van der Waals surface area contributed by atoms with E-state index in [4.69, 9.17) is 10.5 Å². The van der Waals surface area contributed by atoms with Crippen LogP contribution in [0.1, 0.15) is 17.5 Å². The Labute approximate surface area is 89.2 Å². The Bertz CT molecular complexity index is 387. The molecule has 2 rings (SSSR count). The van der Waals surface area contributed by atoms with Crippen molar-refractivity contribution in [3.63, 3.8) is 0 Å². The maximum atomic E-state index is 11.1. The molecule has 1 amide bonds. The number of carbonyl (C=O) groups excluding carboxylic acids is 1. The van der Waals surface area contributed by atoms with Gasteiger partial charge in [-0.05, 0) is 42.5 Å². The van der Waals surface area contributed by atoms with Crippen molar-refractivity contribution in [3.8, 4) is 5.75 Å². The molecule has 0 aromatic heterocycles. The van der Waals surface area contributed by atoms with Crippen LogP contribution < -0.4 is 10.5 Å². The van der Waals surface area contributed by atoms with Gasteiger partial charge in [0.25, 0.3) is 0 Å². The van der Waals surface area contributed by atoms with Gasteiger partial charge in [-0.25, -0.2) is 0 Å². The molecule has 1 aromatic rings. The van der Waals surface area contributed by atoms with E-state index in [1.165, 1.54) is 11.1 Å². The lowest BCUT2D eigenvalue weighted by Crippen LogP contribution is -2.28. The van der Waals surface area contributed by atoms with E-state index in [1.54, 1.807) is 7.11 Å². The molecule has 0 heterocycles. The zero-order valence-electron chi connectivity index (χ0n) is 8.82. The molecule has 15 heavy (non-hydrogen) atoms. The van der Waals surface area contributed by atoms with Crippen LogP contribution in [0.3, 0.4) is 0 Å². The highest BCUT2D eigenvalue weighted by Gasteiger charge is 2.22. The number of hydrogen-bond donors (Lipinski definition) is 1. The van der Waals surface area contributed by atoms with Crippen LogP contribution in [0.2, 0.25) is 0 Å². The van der Waals surface area contributed by atoms with Gasteiger partial charge in [0.2, 0.25) is 5.91 Å². The fourth-order valence-electron chi connectivity index (χ4n) is 2.10. The standard InChI is InChI=1S/C12H15NO2/c1-15-11-5-4-8-2-3-9(12(13)14)6-10(8)7-11/h4-5,7,9H,2-3,6H2,1H3,(H2,13,14)/t9-/m0/s1. The topological polar surface area (TPSA) is 52.3 Å². The molecule has 0 unspecified atom stereocenters. The molecule has 1 aliphatic carbocycles. The number of carbonyl (C=O) groups is 1. The molecule has 0 bridgehead atoms. The van der Waals surface area contributed by atoms with Crippen LogP contribution in [0.4, 0.5) is 0 Å². The predicted octanol–water partition coefficient (Wildman–Crippen LogP) is 1.29. The van der Waals surface area contributed by atoms with E-state index in [9.17, 15) is 4.79 Å². The Hall–Kier alpha value is -1.51. The van der Waals surface area contributed by atoms with E-state index >= 15 is 0 Å². The average molecular weight is 205 g/mol. The van der Waals surface area contributed by atoms with Crippen LogP contribution in [0.15, 0.2) is 18.2 Å². The summed E-state index contributed by atoms with van der Waals surface area (Å²) in [5.41, 5.74) is 7.84. The maximum absolute atomic E-state index is 11.1. The van der Waals surface area contributed by atoms with Crippen LogP contribution in [-0.4, -0.2) is 13.0 Å². The van der Waals surface area contributed by atoms with Crippen molar-refractivity contribution in [2.45, 2.75) is 19.3 Å². The van der Waals surface area contributed by atoms with Crippen molar-refractivity contribution in [2.24, 2.45) is 11.7 Å². The Balaban J connectivity index is 2.27. The second kappa shape index (κ2) is 3.93. The highest BCUT2D eigenvalue weighted by Crippen LogP contribution is 2.28. The molecule has 1 aromatic carbocycles. The Morgan fingerprint density at radius 1 is 1.47 bits per heavy atom. The van der Waals surface area contributed by atoms with Crippen LogP contribution >= 0.6 is 0 Å². The molecule has 0 saturated carbocycles. The number of methoxy groups -OCH3 is 1. The normalized spacial score (nSPS) is 19.4. The summed E-state index contributed by atoms with van der Waals surface area (Å²) in [5.74, 6) is 0.645. The highest BCUT2D eigenvalue weighted by molar-refractivity contribution is 5.77. The van der Waals surface area contributed by atoms with E-state index in [2.05, 4.69) is 6.07 Å². The van der Waals surface area contributed by atoms with Crippen molar-refractivity contribution in [2.75, 3.05) is 7.11 Å². The number of benzene rings is 1. The summed E-state index contributed by atoms with van der Waals surface area (Å²) in [7, 11) is 1.65. The maximum Gasteiger partial charge on any atom is 0.220 e. The summed E-state index contributed by atoms with van der Waals surface area (Å²) in [4.78, 5) is 11.1. The minimum atomic E-state index is -0.191. The van der Waals surface area contributed by atoms with E-state index in [0.29, 0.717) is 0 Å². The Kier molecular flexibility index (Phi) is 2.62. The van der Waals surface area contributed by atoms with Gasteiger partial charge in [-0.3, -0.25) is 4.79 Å². The van der Waals surface area contributed by atoms with Gasteiger partial charge in [-0.2, -0.15) is 0 Å². The Morgan fingerprint density at radius 3 is 2.93 bits per heavy atom. The van der Waals surface area contributed by atoms with E-state index in [-0.39, 0.29) is 11.8 Å². The molecule has 0 spiro atoms. The third-order valence-electron chi connectivity index (χ3n) is 3.04. The number of hydrogen-bond acceptors (Lipinski definition) is 2. The SMILES string of the molecule is COc1ccc2c(c1)C[C@@H](C(N)=O)CC2. The first-order valence-electron chi connectivity index (χ1n) is 5.16. The molecule has 0 aliphatic heterocycles. The number of nitrogens with two attached hydrogens (primary N) is 1. The van der Waals surface area contributed by atoms with Crippen molar-refractivity contribution < 1.29 is 9.53 Å². The summed E-state index contributed by atoms with van der Waals surface area (Å²) in [5, 5.41) is 0. The number of amides is 1. The minimum absolute atomic E-state index is 0.00962. The monoisotopic (exact) mass is 205 g/mol. The lowest BCUT2D eigenvalue weighted by atomic mass is 9.83. The summed E-state index contributed by atoms with van der Waals surface area (Å²) < 4.78 is 5.16. The zero-order valence-corrected chi connectivity index (χ0v) is 8.82. The van der Waals surface area contributed by atoms with Gasteiger partial charge in [0, 0.05) is 5.92 Å². The number of ether oxygens (including phenoxy) is 1. The second-order valence-corrected chi connectivity index (χ2v) is 3.98. The van der Waals surface area contributed by atoms with Gasteiger partial charge in [0.05, 0.1) is 7.11 Å². The molecule has 0 fully saturated rings. The molecular formula is C12H15NO2. The molecule has 1 aliphatic rings. The van der Waals surface area contributed by atoms with Gasteiger partial charge in [0.1, 0.15) is 5.75 Å². The molecule has 0 radical (unpaired) electrons. The summed E-state index contributed by atoms with van der Waals surface area (Å²) in [6.07, 6.45) is 2.56. The van der Waals surface area contributed by atoms with Crippen LogP contribution in [0, 0.1) is 5.92 Å². The van der Waals surface area contributed by atoms with Crippen molar-refractivity contribution >= 4 is 5.91 Å². The van der Waals surface area contributed by atoms with Crippen LogP contribution in [-0.2, 0) is 17.6 Å². The first-order valence-corrected chi connectivity index (χ1v) is 5.16. The second-order valence-electron chi connectivity index (χ2n) is 3.98. The largest absolute Gasteiger partial charge is 0.497 e. The number of rotatable bonds is 2. The van der Waals surface area contributed by atoms with E-state index in [0.717, 1.165) is 25.0 Å². The Morgan fingerprint density at radius 2 is 2.27 bits per heavy atom. The van der Waals surface area contributed by atoms with Crippen molar-refractivity contribution in [1.29, 1.82) is 0 Å². The lowest BCUT2D eigenvalue weighted by Gasteiger charge is -2.22. The molecule has 3 heteroatoms. The van der Waals surface area contributed by atoms with Crippen molar-refractivity contribution in [3.05, 3.63) is 29.3 Å². The minimum Gasteiger partial charge on any atom is -0.497 e. The molecule has 0 saturated heterocycles. The van der Waals surface area contributed by atoms with Gasteiger partial charge in [0.15, 0.2) is 0 Å². The van der Waals surface area contributed by atoms with Crippen molar-refractivity contribution in [1.82, 2.24) is 0 Å². The molecular weight excluding hydrogens is 190 g/mol. The lowest BCUT2D eigenvalue weighted by molar-refractivity contribution is -0.122. The third kappa shape index (κ3) is 1.96. The fourth-order valence-corrected chi connectivity index (χ4v) is 2.10. The summed E-state index contributed by atoms with van der Waals surface area (Å²) >= 11 is 0. The smallest absolute Gasteiger partial charge is 0.220 e. The van der Waals surface area contributed by atoms with Crippen LogP contribution in [0.25, 0.3) is 0 Å². The summed E-state index contributed by atoms with van der Waals surface area (Å²) in [6, 6.07) is 6.04. The van der Waals surface area contributed by atoms with Gasteiger partial charge >= 0.3 is 0 Å². The molecule has 2 N–H and O–H groups in total. The zero-order chi connectivity index (χ0) is 10.8. The predicted molar refractivity (Wildman–Crippen MR) is 57.7 cm³/mol. The molecule has 3 nitrogen and oxygen atoms in total. The average Bonchev–Trinajstić information content (AvgIpc) is 2.27. The number of aryl methyl sites for hydroxylation is 1. The number of primary amides is 1. The van der Waals surface area contributed by atoms with Gasteiger partial charge in [-0.1, -0.05) is 6.07 Å². The molecule has 80 valence electrons. The van der Waals surface area contributed by atoms with Gasteiger partial charge in [-0.15, -0.1) is 0 Å². The first-order chi connectivity index (χ1) is 7.20. The highest BCUT2D eigenvalue weighted by atomic mass is 16.5.